The van der Waals surface area contributed by atoms with Crippen LogP contribution in [0.2, 0.25) is 0 Å². The number of hydrogen-bond donors (Lipinski definition) is 1. The SMILES string of the molecule is O=S(=O)(CCCCCl)Nc1ccc(CN2CCCC2)cc1. The summed E-state index contributed by atoms with van der Waals surface area (Å²) in [5.74, 6) is 0.621. The monoisotopic (exact) mass is 330 g/mol. The Bertz CT molecular complexity index is 525. The Labute approximate surface area is 132 Å². The third-order valence-corrected chi connectivity index (χ3v) is 5.27. The number of halogens is 1. The first kappa shape index (κ1) is 16.6. The summed E-state index contributed by atoms with van der Waals surface area (Å²) in [6.07, 6.45) is 3.86. The first-order chi connectivity index (χ1) is 10.1. The van der Waals surface area contributed by atoms with Crippen LogP contribution in [0.15, 0.2) is 24.3 Å². The van der Waals surface area contributed by atoms with Gasteiger partial charge in [0.15, 0.2) is 0 Å². The molecule has 0 spiro atoms. The minimum absolute atomic E-state index is 0.120. The first-order valence-corrected chi connectivity index (χ1v) is 9.65. The number of benzene rings is 1. The predicted molar refractivity (Wildman–Crippen MR) is 88.3 cm³/mol. The zero-order chi connectivity index (χ0) is 15.1. The molecule has 1 heterocycles. The van der Waals surface area contributed by atoms with Crippen LogP contribution < -0.4 is 4.72 Å². The fourth-order valence-electron chi connectivity index (χ4n) is 2.49. The maximum absolute atomic E-state index is 11.9. The summed E-state index contributed by atoms with van der Waals surface area (Å²) < 4.78 is 26.4. The lowest BCUT2D eigenvalue weighted by molar-refractivity contribution is 0.331. The Kier molecular flexibility index (Phi) is 6.33. The Morgan fingerprint density at radius 2 is 1.76 bits per heavy atom. The number of rotatable bonds is 8. The van der Waals surface area contributed by atoms with Crippen molar-refractivity contribution in [1.29, 1.82) is 0 Å². The molecule has 0 aromatic heterocycles. The van der Waals surface area contributed by atoms with Crippen molar-refractivity contribution in [3.63, 3.8) is 0 Å². The molecule has 1 aliphatic heterocycles. The fourth-order valence-corrected chi connectivity index (χ4v) is 3.86. The van der Waals surface area contributed by atoms with Gasteiger partial charge in [-0.15, -0.1) is 11.6 Å². The summed E-state index contributed by atoms with van der Waals surface area (Å²) in [6, 6.07) is 7.67. The molecule has 2 rings (SSSR count). The second-order valence-corrected chi connectivity index (χ2v) is 7.72. The van der Waals surface area contributed by atoms with Crippen LogP contribution in [-0.2, 0) is 16.6 Å². The van der Waals surface area contributed by atoms with Gasteiger partial charge in [0.1, 0.15) is 0 Å². The summed E-state index contributed by atoms with van der Waals surface area (Å²) in [4.78, 5) is 2.42. The van der Waals surface area contributed by atoms with E-state index >= 15 is 0 Å². The number of sulfonamides is 1. The molecule has 1 N–H and O–H groups in total. The van der Waals surface area contributed by atoms with Crippen molar-refractivity contribution in [1.82, 2.24) is 4.90 Å². The largest absolute Gasteiger partial charge is 0.299 e. The smallest absolute Gasteiger partial charge is 0.232 e. The van der Waals surface area contributed by atoms with Crippen molar-refractivity contribution in [2.75, 3.05) is 29.4 Å². The highest BCUT2D eigenvalue weighted by molar-refractivity contribution is 7.92. The van der Waals surface area contributed by atoms with Gasteiger partial charge in [-0.2, -0.15) is 0 Å². The molecule has 118 valence electrons. The summed E-state index contributed by atoms with van der Waals surface area (Å²) >= 11 is 5.56. The molecule has 0 radical (unpaired) electrons. The van der Waals surface area contributed by atoms with Crippen LogP contribution in [0.3, 0.4) is 0 Å². The van der Waals surface area contributed by atoms with Crippen molar-refractivity contribution >= 4 is 27.3 Å². The maximum Gasteiger partial charge on any atom is 0.232 e. The maximum atomic E-state index is 11.9. The molecule has 1 aromatic rings. The van der Waals surface area contributed by atoms with Crippen molar-refractivity contribution < 1.29 is 8.42 Å². The highest BCUT2D eigenvalue weighted by atomic mass is 35.5. The minimum atomic E-state index is -3.26. The lowest BCUT2D eigenvalue weighted by atomic mass is 10.2. The molecule has 0 saturated carbocycles. The Balaban J connectivity index is 1.86. The topological polar surface area (TPSA) is 49.4 Å². The van der Waals surface area contributed by atoms with Gasteiger partial charge < -0.3 is 0 Å². The van der Waals surface area contributed by atoms with Crippen LogP contribution in [0.25, 0.3) is 0 Å². The zero-order valence-corrected chi connectivity index (χ0v) is 13.8. The molecule has 1 fully saturated rings. The number of anilines is 1. The Morgan fingerprint density at radius 1 is 1.10 bits per heavy atom. The van der Waals surface area contributed by atoms with Gasteiger partial charge in [-0.05, 0) is 56.5 Å². The van der Waals surface area contributed by atoms with Crippen LogP contribution >= 0.6 is 11.6 Å². The summed E-state index contributed by atoms with van der Waals surface area (Å²) in [6.45, 7) is 3.27. The molecule has 0 atom stereocenters. The lowest BCUT2D eigenvalue weighted by Gasteiger charge is -2.15. The van der Waals surface area contributed by atoms with Gasteiger partial charge >= 0.3 is 0 Å². The molecule has 1 saturated heterocycles. The fraction of sp³-hybridized carbons (Fsp3) is 0.600. The third kappa shape index (κ3) is 5.85. The lowest BCUT2D eigenvalue weighted by Crippen LogP contribution is -2.18. The van der Waals surface area contributed by atoms with E-state index < -0.39 is 10.0 Å². The molecule has 6 heteroatoms. The van der Waals surface area contributed by atoms with Crippen molar-refractivity contribution in [2.45, 2.75) is 32.2 Å². The molecule has 1 aromatic carbocycles. The number of hydrogen-bond acceptors (Lipinski definition) is 3. The predicted octanol–water partition coefficient (Wildman–Crippen LogP) is 3.04. The molecule has 1 aliphatic rings. The number of likely N-dealkylation sites (tertiary alicyclic amines) is 1. The van der Waals surface area contributed by atoms with Crippen molar-refractivity contribution in [2.24, 2.45) is 0 Å². The standard InChI is InChI=1S/C15H23ClN2O2S/c16-9-1-4-12-21(19,20)17-15-7-5-14(6-8-15)13-18-10-2-3-11-18/h5-8,17H,1-4,9-13H2. The molecule has 0 amide bonds. The van der Waals surface area contributed by atoms with Gasteiger partial charge in [-0.25, -0.2) is 8.42 Å². The highest BCUT2D eigenvalue weighted by Crippen LogP contribution is 2.16. The summed E-state index contributed by atoms with van der Waals surface area (Å²) in [5.41, 5.74) is 1.85. The molecule has 4 nitrogen and oxygen atoms in total. The van der Waals surface area contributed by atoms with E-state index in [0.717, 1.165) is 26.1 Å². The second kappa shape index (κ2) is 8.01. The van der Waals surface area contributed by atoms with E-state index in [0.29, 0.717) is 18.0 Å². The van der Waals surface area contributed by atoms with E-state index in [9.17, 15) is 8.42 Å². The first-order valence-electron chi connectivity index (χ1n) is 7.47. The third-order valence-electron chi connectivity index (χ3n) is 3.63. The van der Waals surface area contributed by atoms with Gasteiger partial charge in [-0.3, -0.25) is 9.62 Å². The van der Waals surface area contributed by atoms with E-state index in [2.05, 4.69) is 9.62 Å². The Morgan fingerprint density at radius 3 is 2.38 bits per heavy atom. The van der Waals surface area contributed by atoms with Gasteiger partial charge in [0.25, 0.3) is 0 Å². The number of nitrogens with zero attached hydrogens (tertiary/aromatic N) is 1. The number of unbranched alkanes of at least 4 members (excludes halogenated alkanes) is 1. The van der Waals surface area contributed by atoms with Crippen molar-refractivity contribution in [3.05, 3.63) is 29.8 Å². The van der Waals surface area contributed by atoms with Crippen molar-refractivity contribution in [3.8, 4) is 0 Å². The van der Waals surface area contributed by atoms with Gasteiger partial charge in [-0.1, -0.05) is 12.1 Å². The van der Waals surface area contributed by atoms with E-state index in [4.69, 9.17) is 11.6 Å². The molecule has 0 bridgehead atoms. The molecule has 0 unspecified atom stereocenters. The highest BCUT2D eigenvalue weighted by Gasteiger charge is 2.12. The number of nitrogens with one attached hydrogen (secondary N) is 1. The molecular formula is C15H23ClN2O2S. The van der Waals surface area contributed by atoms with Gasteiger partial charge in [0, 0.05) is 18.1 Å². The van der Waals surface area contributed by atoms with E-state index in [1.807, 2.05) is 24.3 Å². The molecular weight excluding hydrogens is 308 g/mol. The van der Waals surface area contributed by atoms with E-state index in [1.165, 1.54) is 18.4 Å². The summed E-state index contributed by atoms with van der Waals surface area (Å²) in [5, 5.41) is 0. The average molecular weight is 331 g/mol. The normalized spacial score (nSPS) is 16.2. The molecule has 0 aliphatic carbocycles. The zero-order valence-electron chi connectivity index (χ0n) is 12.2. The summed E-state index contributed by atoms with van der Waals surface area (Å²) in [7, 11) is -3.26. The van der Waals surface area contributed by atoms with Gasteiger partial charge in [0.2, 0.25) is 10.0 Å². The Hall–Kier alpha value is -0.780. The minimum Gasteiger partial charge on any atom is -0.299 e. The van der Waals surface area contributed by atoms with Crippen LogP contribution in [-0.4, -0.2) is 38.0 Å². The van der Waals surface area contributed by atoms with E-state index in [-0.39, 0.29) is 5.75 Å². The van der Waals surface area contributed by atoms with Crippen LogP contribution in [0.5, 0.6) is 0 Å². The van der Waals surface area contributed by atoms with E-state index in [1.54, 1.807) is 0 Å². The average Bonchev–Trinajstić information content (AvgIpc) is 2.94. The molecule has 21 heavy (non-hydrogen) atoms. The van der Waals surface area contributed by atoms with Crippen LogP contribution in [0, 0.1) is 0 Å². The van der Waals surface area contributed by atoms with Crippen LogP contribution in [0.1, 0.15) is 31.2 Å². The second-order valence-electron chi connectivity index (χ2n) is 5.50. The van der Waals surface area contributed by atoms with Crippen LogP contribution in [0.4, 0.5) is 5.69 Å². The van der Waals surface area contributed by atoms with Gasteiger partial charge in [0.05, 0.1) is 5.75 Å². The number of alkyl halides is 1. The quantitative estimate of drug-likeness (QED) is 0.588.